The van der Waals surface area contributed by atoms with Crippen molar-refractivity contribution >= 4 is 25.8 Å². The summed E-state index contributed by atoms with van der Waals surface area (Å²) in [5, 5.41) is 0.0329. The topological polar surface area (TPSA) is 102 Å². The summed E-state index contributed by atoms with van der Waals surface area (Å²) in [5.41, 5.74) is 6.19. The Hall–Kier alpha value is -5.03. The Kier molecular flexibility index (Phi) is 17.9. The third kappa shape index (κ3) is 14.3. The molecule has 1 aromatic heterocycles. The Bertz CT molecular complexity index is 2020. The van der Waals surface area contributed by atoms with Gasteiger partial charge in [0.2, 0.25) is 8.32 Å². The van der Waals surface area contributed by atoms with Crippen LogP contribution < -0.4 is 9.16 Å². The van der Waals surface area contributed by atoms with Gasteiger partial charge in [0, 0.05) is 47.8 Å². The highest BCUT2D eigenvalue weighted by Crippen LogP contribution is 2.45. The van der Waals surface area contributed by atoms with Crippen molar-refractivity contribution in [1.29, 1.82) is 0 Å². The molecule has 61 heavy (non-hydrogen) atoms. The van der Waals surface area contributed by atoms with E-state index < -0.39 is 14.6 Å². The Balaban J connectivity index is 1.24. The van der Waals surface area contributed by atoms with Crippen LogP contribution in [0.2, 0.25) is 18.1 Å². The summed E-state index contributed by atoms with van der Waals surface area (Å²) in [5.74, 6) is 1.35. The van der Waals surface area contributed by atoms with E-state index in [0.29, 0.717) is 45.7 Å². The van der Waals surface area contributed by atoms with Crippen molar-refractivity contribution in [2.24, 2.45) is 5.92 Å². The largest absolute Gasteiger partial charge is 0.543 e. The van der Waals surface area contributed by atoms with Gasteiger partial charge in [-0.05, 0) is 105 Å². The molecule has 9 nitrogen and oxygen atoms in total. The average Bonchev–Trinajstić information content (AvgIpc) is 3.25. The number of benzene rings is 3. The maximum atomic E-state index is 11.9. The number of pyridine rings is 1. The maximum absolute atomic E-state index is 11.9. The number of ether oxygens (including phenoxy) is 5. The van der Waals surface area contributed by atoms with Crippen molar-refractivity contribution in [2.45, 2.75) is 117 Å². The van der Waals surface area contributed by atoms with E-state index in [0.717, 1.165) is 70.6 Å². The number of rotatable bonds is 21. The number of nitrogens with zero attached hydrogens (tertiary/aromatic N) is 1. The van der Waals surface area contributed by atoms with E-state index in [-0.39, 0.29) is 29.0 Å². The van der Waals surface area contributed by atoms with Crippen LogP contribution in [0.15, 0.2) is 116 Å². The minimum atomic E-state index is -2.14. The number of aromatic nitrogens is 1. The second kappa shape index (κ2) is 23.3. The van der Waals surface area contributed by atoms with E-state index >= 15 is 0 Å². The number of carbonyl (C=O) groups excluding carboxylic acids is 2. The monoisotopic (exact) mass is 847 g/mol. The van der Waals surface area contributed by atoms with Gasteiger partial charge in [-0.15, -0.1) is 0 Å². The number of hydrogen-bond donors (Lipinski definition) is 0. The Morgan fingerprint density at radius 2 is 1.54 bits per heavy atom. The fraction of sp³-hybridized carbons (Fsp3) is 0.431. The highest BCUT2D eigenvalue weighted by atomic mass is 28.4. The summed E-state index contributed by atoms with van der Waals surface area (Å²) in [6, 6.07) is 28.6. The molecule has 1 fully saturated rings. The molecule has 0 bridgehead atoms. The third-order valence-corrected chi connectivity index (χ3v) is 15.6. The van der Waals surface area contributed by atoms with Gasteiger partial charge in [0.15, 0.2) is 6.29 Å². The molecule has 0 radical (unpaired) electrons. The Morgan fingerprint density at radius 3 is 2.23 bits per heavy atom. The molecule has 5 rings (SSSR count). The molecule has 10 heteroatoms. The first kappa shape index (κ1) is 47.0. The zero-order valence-corrected chi connectivity index (χ0v) is 38.2. The van der Waals surface area contributed by atoms with Crippen LogP contribution in [0.1, 0.15) is 120 Å². The van der Waals surface area contributed by atoms with Crippen LogP contribution in [0.25, 0.3) is 5.57 Å². The summed E-state index contributed by atoms with van der Waals surface area (Å²) < 4.78 is 36.6. The molecule has 326 valence electrons. The fourth-order valence-electron chi connectivity index (χ4n) is 6.82. The van der Waals surface area contributed by atoms with Crippen LogP contribution in [-0.2, 0) is 35.1 Å². The zero-order valence-electron chi connectivity index (χ0n) is 37.2. The van der Waals surface area contributed by atoms with E-state index in [1.54, 1.807) is 6.20 Å². The van der Waals surface area contributed by atoms with Gasteiger partial charge in [-0.2, -0.15) is 0 Å². The predicted octanol–water partition coefficient (Wildman–Crippen LogP) is 12.3. The number of unbranched alkanes of at least 4 members (excludes halogenated alkanes) is 2. The zero-order chi connectivity index (χ0) is 43.7. The van der Waals surface area contributed by atoms with Gasteiger partial charge in [0.05, 0.1) is 25.9 Å². The summed E-state index contributed by atoms with van der Waals surface area (Å²) in [7, 11) is -2.14. The lowest BCUT2D eigenvalue weighted by atomic mass is 9.91. The molecule has 3 atom stereocenters. The van der Waals surface area contributed by atoms with Gasteiger partial charge in [0.1, 0.15) is 18.1 Å². The molecule has 0 unspecified atom stereocenters. The number of carbonyl (C=O) groups is 2. The molecule has 0 amide bonds. The lowest BCUT2D eigenvalue weighted by molar-refractivity contribution is -0.244. The molecule has 1 saturated heterocycles. The van der Waals surface area contributed by atoms with E-state index in [4.69, 9.17) is 28.1 Å². The van der Waals surface area contributed by atoms with Gasteiger partial charge < -0.3 is 28.1 Å². The summed E-state index contributed by atoms with van der Waals surface area (Å²) in [6.07, 6.45) is 13.9. The van der Waals surface area contributed by atoms with E-state index in [2.05, 4.69) is 106 Å². The van der Waals surface area contributed by atoms with Crippen molar-refractivity contribution in [2.75, 3.05) is 19.8 Å². The van der Waals surface area contributed by atoms with Gasteiger partial charge >= 0.3 is 11.9 Å². The molecular weight excluding hydrogens is 783 g/mol. The highest BCUT2D eigenvalue weighted by Gasteiger charge is 2.41. The van der Waals surface area contributed by atoms with E-state index in [1.165, 1.54) is 0 Å². The molecule has 0 N–H and O–H groups in total. The van der Waals surface area contributed by atoms with Gasteiger partial charge in [0.25, 0.3) is 0 Å². The van der Waals surface area contributed by atoms with Gasteiger partial charge in [-0.3, -0.25) is 14.6 Å². The maximum Gasteiger partial charge on any atom is 0.306 e. The first-order valence-corrected chi connectivity index (χ1v) is 24.7. The Labute approximate surface area is 364 Å². The molecule has 0 saturated carbocycles. The first-order chi connectivity index (χ1) is 29.4. The molecule has 4 aromatic rings. The van der Waals surface area contributed by atoms with Crippen LogP contribution >= 0.6 is 0 Å². The van der Waals surface area contributed by atoms with Crippen LogP contribution in [-0.4, -0.2) is 45.1 Å². The molecule has 0 spiro atoms. The van der Waals surface area contributed by atoms with Crippen molar-refractivity contribution in [1.82, 2.24) is 4.98 Å². The number of para-hydroxylation sites is 1. The minimum absolute atomic E-state index is 0.0329. The predicted molar refractivity (Wildman–Crippen MR) is 244 cm³/mol. The molecule has 1 aliphatic rings. The summed E-state index contributed by atoms with van der Waals surface area (Å²) in [6.45, 7) is 16.6. The number of hydrogen-bond acceptors (Lipinski definition) is 9. The minimum Gasteiger partial charge on any atom is -0.543 e. The molecule has 0 aliphatic carbocycles. The van der Waals surface area contributed by atoms with Crippen LogP contribution in [0.5, 0.6) is 11.5 Å². The standard InChI is InChI=1S/C51H65NO8Si/c1-8-55-47(53)24-14-10-12-19-42-37-58-50(59-49(42)45-22-16-17-23-46(45)60-61(6,7)51(3,4)5)40-28-26-38(27-29-40)36-57-43-32-30-39(31-33-43)44(41-20-18-34-52-35-41)21-13-11-15-25-48(54)56-9-2/h10,12,16-18,20-23,26-35,42,49-50H,8-9,11,13-15,19,24-25,36-37H2,1-7H3/b12-10-,44-21+/t42-,49+,50+/m1/s1. The molecule has 1 aliphatic heterocycles. The third-order valence-electron chi connectivity index (χ3n) is 11.3. The normalized spacial score (nSPS) is 17.2. The quantitative estimate of drug-likeness (QED) is 0.0351. The lowest BCUT2D eigenvalue weighted by Crippen LogP contribution is -2.44. The number of allylic oxidation sites excluding steroid dienone is 3. The summed E-state index contributed by atoms with van der Waals surface area (Å²) in [4.78, 5) is 28.0. The molecule has 3 aromatic carbocycles. The van der Waals surface area contributed by atoms with Gasteiger partial charge in [-0.1, -0.05) is 99.7 Å². The second-order valence-corrected chi connectivity index (χ2v) is 21.6. The van der Waals surface area contributed by atoms with E-state index in [1.807, 2.05) is 56.5 Å². The second-order valence-electron chi connectivity index (χ2n) is 16.9. The van der Waals surface area contributed by atoms with Crippen molar-refractivity contribution in [3.63, 3.8) is 0 Å². The Morgan fingerprint density at radius 1 is 0.820 bits per heavy atom. The molecular formula is C51H65NO8Si. The van der Waals surface area contributed by atoms with Crippen LogP contribution in [0, 0.1) is 5.92 Å². The van der Waals surface area contributed by atoms with Crippen LogP contribution in [0.4, 0.5) is 0 Å². The van der Waals surface area contributed by atoms with Gasteiger partial charge in [-0.25, -0.2) is 0 Å². The first-order valence-electron chi connectivity index (χ1n) is 21.8. The van der Waals surface area contributed by atoms with Crippen LogP contribution in [0.3, 0.4) is 0 Å². The average molecular weight is 848 g/mol. The fourth-order valence-corrected chi connectivity index (χ4v) is 7.86. The SMILES string of the molecule is CCOC(=O)CC/C=C\C[C@@H]1CO[C@H](c2ccc(COc3ccc(/C(=C\CCCCC(=O)OCC)c4cccnc4)cc3)cc2)O[C@@H]1c1ccccc1O[Si](C)(C)C(C)(C)C. The smallest absolute Gasteiger partial charge is 0.306 e. The molecule has 2 heterocycles. The van der Waals surface area contributed by atoms with Crippen molar-refractivity contribution < 1.29 is 37.7 Å². The highest BCUT2D eigenvalue weighted by molar-refractivity contribution is 6.74. The van der Waals surface area contributed by atoms with E-state index in [9.17, 15) is 9.59 Å². The summed E-state index contributed by atoms with van der Waals surface area (Å²) >= 11 is 0. The number of esters is 2. The van der Waals surface area contributed by atoms with Crippen molar-refractivity contribution in [3.05, 3.63) is 143 Å². The lowest BCUT2D eigenvalue weighted by Gasteiger charge is -2.40. The van der Waals surface area contributed by atoms with Crippen molar-refractivity contribution in [3.8, 4) is 11.5 Å².